The number of nitrogens with zero attached hydrogens (tertiary/aromatic N) is 2. The Hall–Kier alpha value is -2.21. The van der Waals surface area contributed by atoms with Gasteiger partial charge in [0.15, 0.2) is 0 Å². The fourth-order valence-electron chi connectivity index (χ4n) is 2.20. The number of pyridine rings is 1. The van der Waals surface area contributed by atoms with Crippen molar-refractivity contribution in [2.24, 2.45) is 0 Å². The van der Waals surface area contributed by atoms with E-state index in [4.69, 9.17) is 4.52 Å². The van der Waals surface area contributed by atoms with E-state index in [2.05, 4.69) is 26.9 Å². The summed E-state index contributed by atoms with van der Waals surface area (Å²) in [5, 5.41) is 10.8. The summed E-state index contributed by atoms with van der Waals surface area (Å²) in [7, 11) is 0. The molecule has 1 amide bonds. The van der Waals surface area contributed by atoms with Crippen LogP contribution in [0.5, 0.6) is 0 Å². The van der Waals surface area contributed by atoms with Gasteiger partial charge in [0, 0.05) is 19.3 Å². The maximum Gasteiger partial charge on any atom is 0.257 e. The second-order valence-electron chi connectivity index (χ2n) is 4.84. The molecular formula is C14H16N4O2. The molecule has 0 fully saturated rings. The lowest BCUT2D eigenvalue weighted by molar-refractivity contribution is 0.0956. The smallest absolute Gasteiger partial charge is 0.257 e. The van der Waals surface area contributed by atoms with Crippen LogP contribution in [0.25, 0.3) is 11.1 Å². The molecule has 0 atom stereocenters. The first-order valence-electron chi connectivity index (χ1n) is 6.63. The lowest BCUT2D eigenvalue weighted by Crippen LogP contribution is -2.29. The highest BCUT2D eigenvalue weighted by Gasteiger charge is 2.12. The van der Waals surface area contributed by atoms with Crippen molar-refractivity contribution in [1.82, 2.24) is 20.8 Å². The van der Waals surface area contributed by atoms with Gasteiger partial charge in [-0.25, -0.2) is 4.98 Å². The average molecular weight is 272 g/mol. The minimum atomic E-state index is -0.126. The number of carbonyl (C=O) groups excluding carboxylic acids is 1. The van der Waals surface area contributed by atoms with Crippen LogP contribution < -0.4 is 10.6 Å². The molecule has 2 aromatic heterocycles. The number of rotatable bonds is 3. The van der Waals surface area contributed by atoms with Gasteiger partial charge in [-0.05, 0) is 26.0 Å². The molecule has 0 unspecified atom stereocenters. The van der Waals surface area contributed by atoms with Crippen molar-refractivity contribution in [3.63, 3.8) is 0 Å². The summed E-state index contributed by atoms with van der Waals surface area (Å²) >= 11 is 0. The number of carbonyl (C=O) groups is 1. The Morgan fingerprint density at radius 1 is 1.55 bits per heavy atom. The molecular weight excluding hydrogens is 256 g/mol. The molecule has 20 heavy (non-hydrogen) atoms. The minimum absolute atomic E-state index is 0.126. The number of nitrogens with one attached hydrogen (secondary N) is 2. The first-order chi connectivity index (χ1) is 9.74. The lowest BCUT2D eigenvalue weighted by Gasteiger charge is -2.14. The Kier molecular flexibility index (Phi) is 3.47. The Morgan fingerprint density at radius 2 is 2.45 bits per heavy atom. The Bertz CT molecular complexity index is 675. The Balaban J connectivity index is 1.71. The van der Waals surface area contributed by atoms with Gasteiger partial charge < -0.3 is 15.2 Å². The molecule has 1 aliphatic heterocycles. The van der Waals surface area contributed by atoms with E-state index in [9.17, 15) is 4.79 Å². The maximum absolute atomic E-state index is 12.1. The predicted molar refractivity (Wildman–Crippen MR) is 74.4 cm³/mol. The van der Waals surface area contributed by atoms with Gasteiger partial charge in [0.1, 0.15) is 0 Å². The van der Waals surface area contributed by atoms with E-state index in [-0.39, 0.29) is 5.91 Å². The van der Waals surface area contributed by atoms with Crippen LogP contribution in [0.3, 0.4) is 0 Å². The van der Waals surface area contributed by atoms with E-state index in [1.54, 1.807) is 6.07 Å². The fraction of sp³-hybridized carbons (Fsp3) is 0.357. The second-order valence-corrected chi connectivity index (χ2v) is 4.84. The molecule has 3 heterocycles. The summed E-state index contributed by atoms with van der Waals surface area (Å²) in [5.41, 5.74) is 2.98. The SMILES string of the molecule is Cc1noc2ncc(C(=O)NCC3=CCNCC3)cc12. The lowest BCUT2D eigenvalue weighted by atomic mass is 10.1. The first kappa shape index (κ1) is 12.8. The minimum Gasteiger partial charge on any atom is -0.348 e. The fourth-order valence-corrected chi connectivity index (χ4v) is 2.20. The van der Waals surface area contributed by atoms with Crippen LogP contribution in [0.2, 0.25) is 0 Å². The summed E-state index contributed by atoms with van der Waals surface area (Å²) in [5.74, 6) is -0.126. The van der Waals surface area contributed by atoms with Gasteiger partial charge in [-0.2, -0.15) is 0 Å². The zero-order valence-electron chi connectivity index (χ0n) is 11.3. The highest BCUT2D eigenvalue weighted by molar-refractivity contribution is 5.97. The van der Waals surface area contributed by atoms with Crippen molar-refractivity contribution >= 4 is 17.0 Å². The third-order valence-corrected chi connectivity index (χ3v) is 3.41. The van der Waals surface area contributed by atoms with E-state index >= 15 is 0 Å². The standard InChI is InChI=1S/C14H16N4O2/c1-9-12-6-11(8-17-14(12)20-18-9)13(19)16-7-10-2-4-15-5-3-10/h2,6,8,15H,3-5,7H2,1H3,(H,16,19). The zero-order chi connectivity index (χ0) is 13.9. The predicted octanol–water partition coefficient (Wildman–Crippen LogP) is 1.18. The molecule has 3 rings (SSSR count). The van der Waals surface area contributed by atoms with Crippen LogP contribution in [0.1, 0.15) is 22.5 Å². The number of aromatic nitrogens is 2. The van der Waals surface area contributed by atoms with Crippen LogP contribution in [0, 0.1) is 6.92 Å². The summed E-state index contributed by atoms with van der Waals surface area (Å²) in [4.78, 5) is 16.2. The molecule has 0 aromatic carbocycles. The molecule has 0 saturated heterocycles. The summed E-state index contributed by atoms with van der Waals surface area (Å²) in [6.45, 7) is 4.25. The average Bonchev–Trinajstić information content (AvgIpc) is 2.87. The molecule has 0 radical (unpaired) electrons. The number of aryl methyl sites for hydroxylation is 1. The summed E-state index contributed by atoms with van der Waals surface area (Å²) < 4.78 is 5.03. The van der Waals surface area contributed by atoms with E-state index < -0.39 is 0 Å². The molecule has 6 heteroatoms. The Morgan fingerprint density at radius 3 is 3.25 bits per heavy atom. The van der Waals surface area contributed by atoms with Gasteiger partial charge >= 0.3 is 0 Å². The zero-order valence-corrected chi connectivity index (χ0v) is 11.3. The van der Waals surface area contributed by atoms with Crippen molar-refractivity contribution in [1.29, 1.82) is 0 Å². The van der Waals surface area contributed by atoms with Crippen LogP contribution in [-0.4, -0.2) is 35.7 Å². The highest BCUT2D eigenvalue weighted by atomic mass is 16.5. The van der Waals surface area contributed by atoms with Crippen LogP contribution in [0.15, 0.2) is 28.4 Å². The molecule has 0 bridgehead atoms. The number of fused-ring (bicyclic) bond motifs is 1. The van der Waals surface area contributed by atoms with Crippen molar-refractivity contribution in [3.8, 4) is 0 Å². The van der Waals surface area contributed by atoms with Crippen molar-refractivity contribution in [3.05, 3.63) is 35.2 Å². The van der Waals surface area contributed by atoms with Crippen LogP contribution in [0.4, 0.5) is 0 Å². The molecule has 1 aliphatic rings. The van der Waals surface area contributed by atoms with Crippen LogP contribution >= 0.6 is 0 Å². The van der Waals surface area contributed by atoms with E-state index in [0.717, 1.165) is 30.6 Å². The van der Waals surface area contributed by atoms with Crippen molar-refractivity contribution < 1.29 is 9.32 Å². The second kappa shape index (κ2) is 5.42. The van der Waals surface area contributed by atoms with Gasteiger partial charge in [0.25, 0.3) is 11.6 Å². The van der Waals surface area contributed by atoms with E-state index in [1.807, 2.05) is 6.92 Å². The topological polar surface area (TPSA) is 80.0 Å². The largest absolute Gasteiger partial charge is 0.348 e. The Labute approximate surface area is 116 Å². The normalized spacial score (nSPS) is 15.2. The third-order valence-electron chi connectivity index (χ3n) is 3.41. The molecule has 0 aliphatic carbocycles. The molecule has 0 saturated carbocycles. The number of amides is 1. The highest BCUT2D eigenvalue weighted by Crippen LogP contribution is 2.16. The monoisotopic (exact) mass is 272 g/mol. The molecule has 2 N–H and O–H groups in total. The third kappa shape index (κ3) is 2.55. The molecule has 0 spiro atoms. The maximum atomic E-state index is 12.1. The number of hydrogen-bond acceptors (Lipinski definition) is 5. The van der Waals surface area contributed by atoms with Gasteiger partial charge in [-0.15, -0.1) is 0 Å². The van der Waals surface area contributed by atoms with Gasteiger partial charge in [-0.3, -0.25) is 4.79 Å². The number of hydrogen-bond donors (Lipinski definition) is 2. The quantitative estimate of drug-likeness (QED) is 0.820. The molecule has 2 aromatic rings. The first-order valence-corrected chi connectivity index (χ1v) is 6.63. The van der Waals surface area contributed by atoms with Crippen molar-refractivity contribution in [2.75, 3.05) is 19.6 Å². The van der Waals surface area contributed by atoms with Crippen LogP contribution in [-0.2, 0) is 0 Å². The summed E-state index contributed by atoms with van der Waals surface area (Å²) in [6.07, 6.45) is 4.61. The van der Waals surface area contributed by atoms with Gasteiger partial charge in [-0.1, -0.05) is 16.8 Å². The summed E-state index contributed by atoms with van der Waals surface area (Å²) in [6, 6.07) is 1.76. The van der Waals surface area contributed by atoms with Gasteiger partial charge in [0.2, 0.25) is 0 Å². The van der Waals surface area contributed by atoms with Gasteiger partial charge in [0.05, 0.1) is 16.6 Å². The molecule has 104 valence electrons. The van der Waals surface area contributed by atoms with E-state index in [1.165, 1.54) is 11.8 Å². The van der Waals surface area contributed by atoms with E-state index in [0.29, 0.717) is 17.8 Å². The molecule has 6 nitrogen and oxygen atoms in total. The van der Waals surface area contributed by atoms with Crippen molar-refractivity contribution in [2.45, 2.75) is 13.3 Å².